The Labute approximate surface area is 74.7 Å². The van der Waals surface area contributed by atoms with Gasteiger partial charge in [0.15, 0.2) is 11.5 Å². The lowest BCUT2D eigenvalue weighted by molar-refractivity contribution is 0.373. The summed E-state index contributed by atoms with van der Waals surface area (Å²) in [6.07, 6.45) is 0.587. The van der Waals surface area contributed by atoms with E-state index in [-0.39, 0.29) is 5.75 Å². The van der Waals surface area contributed by atoms with Gasteiger partial charge in [0, 0.05) is 0 Å². The Morgan fingerprint density at radius 1 is 1.67 bits per heavy atom. The highest BCUT2D eigenvalue weighted by Crippen LogP contribution is 2.26. The van der Waals surface area contributed by atoms with Crippen LogP contribution in [0.4, 0.5) is 0 Å². The lowest BCUT2D eigenvalue weighted by Gasteiger charge is -2.05. The SMILES string of the molecule is [2H]N([2H])CCc1ccc(O)c(OC)c1. The van der Waals surface area contributed by atoms with Gasteiger partial charge < -0.3 is 15.6 Å². The smallest absolute Gasteiger partial charge is 0.160 e. The number of methoxy groups -OCH3 is 1. The van der Waals surface area contributed by atoms with Crippen LogP contribution < -0.4 is 10.5 Å². The van der Waals surface area contributed by atoms with Crippen LogP contribution in [0.2, 0.25) is 2.82 Å². The molecule has 0 saturated heterocycles. The van der Waals surface area contributed by atoms with Crippen LogP contribution in [0.25, 0.3) is 0 Å². The predicted molar refractivity (Wildman–Crippen MR) is 47.4 cm³/mol. The third-order valence-electron chi connectivity index (χ3n) is 1.64. The van der Waals surface area contributed by atoms with E-state index in [2.05, 4.69) is 0 Å². The van der Waals surface area contributed by atoms with Crippen molar-refractivity contribution in [1.29, 1.82) is 0 Å². The Balaban J connectivity index is 2.69. The van der Waals surface area contributed by atoms with Gasteiger partial charge in [-0.2, -0.15) is 0 Å². The Morgan fingerprint density at radius 2 is 2.50 bits per heavy atom. The molecular weight excluding hydrogens is 154 g/mol. The van der Waals surface area contributed by atoms with Crippen molar-refractivity contribution in [3.8, 4) is 11.5 Å². The normalized spacial score (nSPS) is 12.5. The van der Waals surface area contributed by atoms with E-state index >= 15 is 0 Å². The van der Waals surface area contributed by atoms with Crippen molar-refractivity contribution in [2.24, 2.45) is 5.72 Å². The molecule has 0 heterocycles. The molecule has 0 aromatic heterocycles. The van der Waals surface area contributed by atoms with Crippen LogP contribution in [0.3, 0.4) is 0 Å². The van der Waals surface area contributed by atoms with Crippen molar-refractivity contribution in [2.45, 2.75) is 6.42 Å². The van der Waals surface area contributed by atoms with Gasteiger partial charge in [-0.05, 0) is 30.7 Å². The molecule has 1 rings (SSSR count). The van der Waals surface area contributed by atoms with Crippen molar-refractivity contribution >= 4 is 0 Å². The number of nitrogens with two attached hydrogens (primary N) is 1. The summed E-state index contributed by atoms with van der Waals surface area (Å²) in [4.78, 5) is 0. The molecule has 12 heavy (non-hydrogen) atoms. The second kappa shape index (κ2) is 3.97. The van der Waals surface area contributed by atoms with Crippen molar-refractivity contribution in [1.82, 2.24) is 0 Å². The van der Waals surface area contributed by atoms with Crippen molar-refractivity contribution < 1.29 is 12.7 Å². The second-order valence-electron chi connectivity index (χ2n) is 2.48. The minimum atomic E-state index is 0.102. The fourth-order valence-corrected chi connectivity index (χ4v) is 1.01. The van der Waals surface area contributed by atoms with Crippen LogP contribution in [0.1, 0.15) is 5.56 Å². The highest BCUT2D eigenvalue weighted by atomic mass is 16.5. The fourth-order valence-electron chi connectivity index (χ4n) is 1.01. The van der Waals surface area contributed by atoms with Crippen molar-refractivity contribution in [3.05, 3.63) is 23.8 Å². The van der Waals surface area contributed by atoms with E-state index in [1.165, 1.54) is 7.11 Å². The lowest BCUT2D eigenvalue weighted by Crippen LogP contribution is -2.02. The first-order valence-electron chi connectivity index (χ1n) is 4.64. The number of phenolic OH excluding ortho intramolecular Hbond substituents is 1. The summed E-state index contributed by atoms with van der Waals surface area (Å²) in [6.45, 7) is 0.327. The molecule has 0 atom stereocenters. The van der Waals surface area contributed by atoms with E-state index in [1.807, 2.05) is 0 Å². The van der Waals surface area contributed by atoms with Gasteiger partial charge in [0.25, 0.3) is 0 Å². The fraction of sp³-hybridized carbons (Fsp3) is 0.333. The molecule has 0 aliphatic rings. The number of phenols is 1. The number of hydrogen-bond acceptors (Lipinski definition) is 3. The molecule has 0 aliphatic heterocycles. The summed E-state index contributed by atoms with van der Waals surface area (Å²) in [5, 5.41) is 9.30. The molecule has 66 valence electrons. The Hall–Kier alpha value is -1.22. The quantitative estimate of drug-likeness (QED) is 0.704. The van der Waals surface area contributed by atoms with E-state index in [4.69, 9.17) is 7.56 Å². The van der Waals surface area contributed by atoms with E-state index in [0.29, 0.717) is 24.4 Å². The number of benzene rings is 1. The zero-order chi connectivity index (χ0) is 10.6. The summed E-state index contributed by atoms with van der Waals surface area (Å²) in [7, 11) is 1.49. The van der Waals surface area contributed by atoms with Crippen LogP contribution in [0, 0.1) is 0 Å². The molecule has 0 radical (unpaired) electrons. The van der Waals surface area contributed by atoms with E-state index in [0.717, 1.165) is 5.56 Å². The number of hydrogen-bond donors (Lipinski definition) is 2. The van der Waals surface area contributed by atoms with Gasteiger partial charge >= 0.3 is 0 Å². The summed E-state index contributed by atoms with van der Waals surface area (Å²) < 4.78 is 18.7. The molecule has 1 aromatic carbocycles. The summed E-state index contributed by atoms with van der Waals surface area (Å²) in [5.74, 6) is 0.522. The Bertz CT molecular complexity index is 305. The second-order valence-corrected chi connectivity index (χ2v) is 2.48. The maximum atomic E-state index is 9.30. The molecule has 0 unspecified atom stereocenters. The number of rotatable bonds is 4. The van der Waals surface area contributed by atoms with Gasteiger partial charge in [0.05, 0.1) is 7.11 Å². The molecule has 3 N–H and O–H groups in total. The van der Waals surface area contributed by atoms with E-state index < -0.39 is 0 Å². The van der Waals surface area contributed by atoms with Gasteiger partial charge in [-0.1, -0.05) is 6.07 Å². The zero-order valence-electron chi connectivity index (χ0n) is 8.95. The lowest BCUT2D eigenvalue weighted by atomic mass is 10.1. The third kappa shape index (κ3) is 1.89. The van der Waals surface area contributed by atoms with Gasteiger partial charge in [0.1, 0.15) is 2.82 Å². The number of ether oxygens (including phenoxy) is 1. The standard InChI is InChI=1S/C9H13NO2/c1-12-9-6-7(4-5-10)2-3-8(9)11/h2-3,6,11H,4-5,10H2,1H3/i/hD2. The van der Waals surface area contributed by atoms with Gasteiger partial charge in [-0.15, -0.1) is 0 Å². The average Bonchev–Trinajstić information content (AvgIpc) is 2.16. The summed E-state index contributed by atoms with van der Waals surface area (Å²) >= 11 is 0. The first-order valence-corrected chi connectivity index (χ1v) is 3.74. The Kier molecular flexibility index (Phi) is 2.09. The van der Waals surface area contributed by atoms with Crippen LogP contribution >= 0.6 is 0 Å². The average molecular weight is 169 g/mol. The topological polar surface area (TPSA) is 55.5 Å². The van der Waals surface area contributed by atoms with Crippen LogP contribution in [0.5, 0.6) is 11.5 Å². The monoisotopic (exact) mass is 169 g/mol. The largest absolute Gasteiger partial charge is 0.504 e. The highest BCUT2D eigenvalue weighted by Gasteiger charge is 2.00. The van der Waals surface area contributed by atoms with Crippen LogP contribution in [-0.4, -0.2) is 18.8 Å². The number of aromatic hydroxyl groups is 1. The highest BCUT2D eigenvalue weighted by molar-refractivity contribution is 5.41. The molecule has 0 amide bonds. The van der Waals surface area contributed by atoms with E-state index in [9.17, 15) is 5.11 Å². The van der Waals surface area contributed by atoms with Gasteiger partial charge in [-0.25, -0.2) is 0 Å². The summed E-state index contributed by atoms with van der Waals surface area (Å²) in [6, 6.07) is 5.01. The molecule has 1 aromatic rings. The molecular formula is C9H13NO2. The zero-order valence-corrected chi connectivity index (χ0v) is 6.95. The van der Waals surface area contributed by atoms with Crippen LogP contribution in [0.15, 0.2) is 18.2 Å². The van der Waals surface area contributed by atoms with Gasteiger partial charge in [0.2, 0.25) is 0 Å². The van der Waals surface area contributed by atoms with Crippen molar-refractivity contribution in [3.63, 3.8) is 0 Å². The Morgan fingerprint density at radius 3 is 3.17 bits per heavy atom. The van der Waals surface area contributed by atoms with Gasteiger partial charge in [-0.3, -0.25) is 0 Å². The minimum absolute atomic E-state index is 0.102. The maximum absolute atomic E-state index is 9.30. The molecule has 0 bridgehead atoms. The van der Waals surface area contributed by atoms with Crippen molar-refractivity contribution in [2.75, 3.05) is 13.7 Å². The molecule has 3 heteroatoms. The molecule has 0 spiro atoms. The molecule has 0 saturated carbocycles. The van der Waals surface area contributed by atoms with E-state index in [1.54, 1.807) is 18.2 Å². The van der Waals surface area contributed by atoms with Crippen LogP contribution in [-0.2, 0) is 6.42 Å². The third-order valence-corrected chi connectivity index (χ3v) is 1.64. The maximum Gasteiger partial charge on any atom is 0.160 e. The first kappa shape index (κ1) is 6.31. The minimum Gasteiger partial charge on any atom is -0.504 e. The molecule has 3 nitrogen and oxygen atoms in total. The predicted octanol–water partition coefficient (Wildman–Crippen LogP) is 0.902. The first-order chi connectivity index (χ1) is 6.63. The molecule has 0 aliphatic carbocycles. The summed E-state index contributed by atoms with van der Waals surface area (Å²) in [5.41, 5.74) is 1.56. The molecule has 0 fully saturated rings.